The number of hydrogen-bond acceptors (Lipinski definition) is 3. The molecule has 4 heteroatoms. The Morgan fingerprint density at radius 1 is 1.44 bits per heavy atom. The van der Waals surface area contributed by atoms with Crippen molar-refractivity contribution in [2.75, 3.05) is 19.6 Å². The fourth-order valence-electron chi connectivity index (χ4n) is 2.38. The van der Waals surface area contributed by atoms with Gasteiger partial charge in [0.2, 0.25) is 0 Å². The van der Waals surface area contributed by atoms with Crippen molar-refractivity contribution in [3.63, 3.8) is 0 Å². The summed E-state index contributed by atoms with van der Waals surface area (Å²) in [6.07, 6.45) is 8.21. The number of aromatic nitrogens is 2. The summed E-state index contributed by atoms with van der Waals surface area (Å²) in [5.74, 6) is 0. The zero-order chi connectivity index (χ0) is 11.4. The van der Waals surface area contributed by atoms with Crippen LogP contribution in [0.1, 0.15) is 42.7 Å². The first-order valence-electron chi connectivity index (χ1n) is 6.00. The number of piperidine rings is 1. The normalized spacial score (nSPS) is 19.6. The molecule has 0 aliphatic carbocycles. The summed E-state index contributed by atoms with van der Waals surface area (Å²) in [4.78, 5) is 17.3. The van der Waals surface area contributed by atoms with Crippen molar-refractivity contribution in [1.29, 1.82) is 0 Å². The van der Waals surface area contributed by atoms with Crippen molar-refractivity contribution >= 4 is 6.29 Å². The number of aldehydes is 1. The van der Waals surface area contributed by atoms with E-state index in [0.29, 0.717) is 11.7 Å². The molecule has 1 atom stereocenters. The molecular weight excluding hydrogens is 202 g/mol. The number of hydrogen-bond donors (Lipinski definition) is 0. The molecule has 1 unspecified atom stereocenters. The Kier molecular flexibility index (Phi) is 3.72. The lowest BCUT2D eigenvalue weighted by molar-refractivity contribution is 0.111. The van der Waals surface area contributed by atoms with Gasteiger partial charge in [-0.25, -0.2) is 4.98 Å². The van der Waals surface area contributed by atoms with Crippen molar-refractivity contribution in [1.82, 2.24) is 14.5 Å². The van der Waals surface area contributed by atoms with E-state index < -0.39 is 0 Å². The molecule has 0 N–H and O–H groups in total. The second-order valence-corrected chi connectivity index (χ2v) is 4.55. The van der Waals surface area contributed by atoms with Gasteiger partial charge in [0.25, 0.3) is 0 Å². The minimum absolute atomic E-state index is 0.320. The summed E-state index contributed by atoms with van der Waals surface area (Å²) in [5.41, 5.74) is 0.671. The number of likely N-dealkylation sites (tertiary alicyclic amines) is 1. The molecule has 4 nitrogen and oxygen atoms in total. The third kappa shape index (κ3) is 2.50. The van der Waals surface area contributed by atoms with Gasteiger partial charge >= 0.3 is 0 Å². The average Bonchev–Trinajstić information content (AvgIpc) is 2.78. The van der Waals surface area contributed by atoms with Gasteiger partial charge in [-0.3, -0.25) is 4.79 Å². The van der Waals surface area contributed by atoms with Crippen molar-refractivity contribution < 1.29 is 4.79 Å². The highest BCUT2D eigenvalue weighted by atomic mass is 16.1. The molecule has 0 bridgehead atoms. The number of carbonyl (C=O) groups is 1. The molecule has 1 fully saturated rings. The minimum atomic E-state index is 0.320. The summed E-state index contributed by atoms with van der Waals surface area (Å²) in [6, 6.07) is 0.320. The SMILES string of the molecule is CC(CN1CCCCC1)n1cncc1C=O. The summed E-state index contributed by atoms with van der Waals surface area (Å²) in [7, 11) is 0. The van der Waals surface area contributed by atoms with E-state index in [-0.39, 0.29) is 0 Å². The highest BCUT2D eigenvalue weighted by Crippen LogP contribution is 2.14. The number of nitrogens with zero attached hydrogens (tertiary/aromatic N) is 3. The number of rotatable bonds is 4. The van der Waals surface area contributed by atoms with Crippen LogP contribution in [0.15, 0.2) is 12.5 Å². The highest BCUT2D eigenvalue weighted by Gasteiger charge is 2.15. The predicted octanol–water partition coefficient (Wildman–Crippen LogP) is 1.74. The Balaban J connectivity index is 1.96. The van der Waals surface area contributed by atoms with Gasteiger partial charge in [0.1, 0.15) is 5.69 Å². The molecule has 0 radical (unpaired) electrons. The third-order valence-corrected chi connectivity index (χ3v) is 3.26. The second-order valence-electron chi connectivity index (χ2n) is 4.55. The Morgan fingerprint density at radius 3 is 2.88 bits per heavy atom. The van der Waals surface area contributed by atoms with Crippen LogP contribution in [0.4, 0.5) is 0 Å². The van der Waals surface area contributed by atoms with Gasteiger partial charge in [0.05, 0.1) is 12.5 Å². The lowest BCUT2D eigenvalue weighted by atomic mass is 10.1. The second kappa shape index (κ2) is 5.25. The molecule has 88 valence electrons. The Labute approximate surface area is 96.3 Å². The number of imidazole rings is 1. The molecule has 0 saturated carbocycles. The standard InChI is InChI=1S/C12H19N3O/c1-11(8-14-5-3-2-4-6-14)15-10-13-7-12(15)9-16/h7,9-11H,2-6,8H2,1H3. The van der Waals surface area contributed by atoms with E-state index in [4.69, 9.17) is 0 Å². The molecule has 16 heavy (non-hydrogen) atoms. The van der Waals surface area contributed by atoms with Crippen molar-refractivity contribution in [3.8, 4) is 0 Å². The predicted molar refractivity (Wildman–Crippen MR) is 62.6 cm³/mol. The summed E-state index contributed by atoms with van der Waals surface area (Å²) >= 11 is 0. The van der Waals surface area contributed by atoms with Crippen molar-refractivity contribution in [3.05, 3.63) is 18.2 Å². The third-order valence-electron chi connectivity index (χ3n) is 3.26. The topological polar surface area (TPSA) is 38.1 Å². The van der Waals surface area contributed by atoms with Crippen LogP contribution in [0, 0.1) is 0 Å². The molecule has 0 amide bonds. The van der Waals surface area contributed by atoms with Crippen molar-refractivity contribution in [2.45, 2.75) is 32.2 Å². The molecule has 0 aromatic carbocycles. The smallest absolute Gasteiger partial charge is 0.168 e. The Hall–Kier alpha value is -1.16. The van der Waals surface area contributed by atoms with Crippen LogP contribution < -0.4 is 0 Å². The van der Waals surface area contributed by atoms with E-state index in [9.17, 15) is 4.79 Å². The van der Waals surface area contributed by atoms with Crippen LogP contribution in [0.3, 0.4) is 0 Å². The Bertz CT molecular complexity index is 342. The van der Waals surface area contributed by atoms with Gasteiger partial charge in [-0.15, -0.1) is 0 Å². The molecule has 1 aromatic rings. The zero-order valence-electron chi connectivity index (χ0n) is 9.80. The maximum Gasteiger partial charge on any atom is 0.168 e. The molecule has 1 aromatic heterocycles. The van der Waals surface area contributed by atoms with Gasteiger partial charge in [0.15, 0.2) is 6.29 Å². The van der Waals surface area contributed by atoms with Gasteiger partial charge in [-0.05, 0) is 32.9 Å². The van der Waals surface area contributed by atoms with Gasteiger partial charge in [-0.2, -0.15) is 0 Å². The largest absolute Gasteiger partial charge is 0.324 e. The molecule has 1 aliphatic heterocycles. The van der Waals surface area contributed by atoms with Crippen molar-refractivity contribution in [2.24, 2.45) is 0 Å². The molecule has 2 rings (SSSR count). The van der Waals surface area contributed by atoms with Crippen LogP contribution in [0.5, 0.6) is 0 Å². The first-order chi connectivity index (χ1) is 7.81. The lowest BCUT2D eigenvalue weighted by Gasteiger charge is -2.29. The fourth-order valence-corrected chi connectivity index (χ4v) is 2.38. The average molecular weight is 221 g/mol. The number of carbonyl (C=O) groups excluding carboxylic acids is 1. The van der Waals surface area contributed by atoms with E-state index in [1.54, 1.807) is 12.5 Å². The van der Waals surface area contributed by atoms with Crippen LogP contribution in [-0.4, -0.2) is 40.4 Å². The Morgan fingerprint density at radius 2 is 2.19 bits per heavy atom. The van der Waals surface area contributed by atoms with Crippen LogP contribution in [0.25, 0.3) is 0 Å². The lowest BCUT2D eigenvalue weighted by Crippen LogP contribution is -2.34. The quantitative estimate of drug-likeness (QED) is 0.727. The monoisotopic (exact) mass is 221 g/mol. The first kappa shape index (κ1) is 11.3. The van der Waals surface area contributed by atoms with E-state index in [2.05, 4.69) is 16.8 Å². The van der Waals surface area contributed by atoms with Gasteiger partial charge in [0, 0.05) is 12.6 Å². The van der Waals surface area contributed by atoms with Crippen LogP contribution >= 0.6 is 0 Å². The molecule has 1 saturated heterocycles. The summed E-state index contributed by atoms with van der Waals surface area (Å²) in [6.45, 7) is 5.53. The highest BCUT2D eigenvalue weighted by molar-refractivity contribution is 5.71. The molecular formula is C12H19N3O. The summed E-state index contributed by atoms with van der Waals surface area (Å²) < 4.78 is 1.96. The van der Waals surface area contributed by atoms with Crippen LogP contribution in [-0.2, 0) is 0 Å². The van der Waals surface area contributed by atoms with E-state index in [1.165, 1.54) is 32.4 Å². The molecule has 1 aliphatic rings. The minimum Gasteiger partial charge on any atom is -0.324 e. The fraction of sp³-hybridized carbons (Fsp3) is 0.667. The molecule has 2 heterocycles. The summed E-state index contributed by atoms with van der Waals surface area (Å²) in [5, 5.41) is 0. The maximum atomic E-state index is 10.8. The zero-order valence-corrected chi connectivity index (χ0v) is 9.80. The van der Waals surface area contributed by atoms with E-state index in [0.717, 1.165) is 12.8 Å². The van der Waals surface area contributed by atoms with Gasteiger partial charge < -0.3 is 9.47 Å². The maximum absolute atomic E-state index is 10.8. The van der Waals surface area contributed by atoms with E-state index in [1.807, 2.05) is 4.57 Å². The van der Waals surface area contributed by atoms with Crippen LogP contribution in [0.2, 0.25) is 0 Å². The molecule has 0 spiro atoms. The first-order valence-corrected chi connectivity index (χ1v) is 6.00. The van der Waals surface area contributed by atoms with Gasteiger partial charge in [-0.1, -0.05) is 6.42 Å². The van der Waals surface area contributed by atoms with E-state index >= 15 is 0 Å².